The minimum atomic E-state index is -0.526. The van der Waals surface area contributed by atoms with Gasteiger partial charge in [0.2, 0.25) is 0 Å². The molecule has 1 heterocycles. The highest BCUT2D eigenvalue weighted by molar-refractivity contribution is 6.36. The van der Waals surface area contributed by atoms with E-state index >= 15 is 0 Å². The summed E-state index contributed by atoms with van der Waals surface area (Å²) in [5.74, 6) is 0.948. The van der Waals surface area contributed by atoms with Crippen molar-refractivity contribution in [3.8, 4) is 17.6 Å². The monoisotopic (exact) mass is 264 g/mol. The number of hydrogen-bond donors (Lipinski definition) is 1. The number of benzene rings is 1. The summed E-state index contributed by atoms with van der Waals surface area (Å²) in [5, 5.41) is 9.52. The third kappa shape index (κ3) is 1.77. The first-order valence-corrected chi connectivity index (χ1v) is 5.37. The molecule has 0 amide bonds. The number of pyridine rings is 1. The van der Waals surface area contributed by atoms with Crippen LogP contribution < -0.4 is 15.0 Å². The lowest BCUT2D eigenvalue weighted by atomic mass is 10.1. The molecule has 0 fully saturated rings. The van der Waals surface area contributed by atoms with Gasteiger partial charge in [0.1, 0.15) is 11.6 Å². The number of rotatable bonds is 2. The molecule has 0 radical (unpaired) electrons. The fraction of sp³-hybridized carbons (Fsp3) is 0.167. The van der Waals surface area contributed by atoms with Crippen molar-refractivity contribution >= 4 is 22.5 Å². The van der Waals surface area contributed by atoms with Gasteiger partial charge in [-0.05, 0) is 6.07 Å². The predicted molar refractivity (Wildman–Crippen MR) is 67.4 cm³/mol. The van der Waals surface area contributed by atoms with Gasteiger partial charge in [-0.1, -0.05) is 11.6 Å². The molecule has 92 valence electrons. The SMILES string of the molecule is COc1cc2[nH]c(=O)c(C#N)c(Cl)c2cc1OC. The summed E-state index contributed by atoms with van der Waals surface area (Å²) >= 11 is 6.03. The summed E-state index contributed by atoms with van der Waals surface area (Å²) in [6, 6.07) is 4.99. The molecule has 1 aromatic carbocycles. The molecule has 0 spiro atoms. The first-order valence-electron chi connectivity index (χ1n) is 5.00. The molecule has 0 saturated heterocycles. The summed E-state index contributed by atoms with van der Waals surface area (Å²) in [6.45, 7) is 0. The zero-order valence-electron chi connectivity index (χ0n) is 9.70. The molecule has 18 heavy (non-hydrogen) atoms. The van der Waals surface area contributed by atoms with Gasteiger partial charge < -0.3 is 14.5 Å². The Labute approximate surface area is 108 Å². The molecule has 6 heteroatoms. The van der Waals surface area contributed by atoms with Crippen LogP contribution in [-0.2, 0) is 0 Å². The van der Waals surface area contributed by atoms with Gasteiger partial charge in [-0.2, -0.15) is 5.26 Å². The highest BCUT2D eigenvalue weighted by Crippen LogP contribution is 2.34. The van der Waals surface area contributed by atoms with Crippen LogP contribution in [0.15, 0.2) is 16.9 Å². The maximum atomic E-state index is 11.6. The quantitative estimate of drug-likeness (QED) is 0.901. The van der Waals surface area contributed by atoms with Crippen molar-refractivity contribution in [2.45, 2.75) is 0 Å². The van der Waals surface area contributed by atoms with E-state index < -0.39 is 5.56 Å². The Morgan fingerprint density at radius 2 is 1.89 bits per heavy atom. The minimum absolute atomic E-state index is 0.109. The lowest BCUT2D eigenvalue weighted by Gasteiger charge is -2.10. The lowest BCUT2D eigenvalue weighted by molar-refractivity contribution is 0.356. The van der Waals surface area contributed by atoms with E-state index in [1.165, 1.54) is 14.2 Å². The second kappa shape index (κ2) is 4.59. The van der Waals surface area contributed by atoms with E-state index in [4.69, 9.17) is 26.3 Å². The molecule has 0 aliphatic rings. The summed E-state index contributed by atoms with van der Waals surface area (Å²) < 4.78 is 10.3. The number of hydrogen-bond acceptors (Lipinski definition) is 4. The van der Waals surface area contributed by atoms with Crippen molar-refractivity contribution in [3.05, 3.63) is 33.1 Å². The van der Waals surface area contributed by atoms with Crippen molar-refractivity contribution < 1.29 is 9.47 Å². The number of nitriles is 1. The summed E-state index contributed by atoms with van der Waals surface area (Å²) in [5.41, 5.74) is -0.153. The largest absolute Gasteiger partial charge is 0.493 e. The number of aromatic amines is 1. The molecule has 0 aliphatic heterocycles. The highest BCUT2D eigenvalue weighted by atomic mass is 35.5. The number of methoxy groups -OCH3 is 2. The standard InChI is InChI=1S/C12H9ClN2O3/c1-17-9-3-6-8(4-10(9)18-2)15-12(16)7(5-14)11(6)13/h3-4H,1-2H3,(H,15,16). The summed E-state index contributed by atoms with van der Waals surface area (Å²) in [4.78, 5) is 14.2. The highest BCUT2D eigenvalue weighted by Gasteiger charge is 2.14. The Bertz CT molecular complexity index is 716. The molecule has 5 nitrogen and oxygen atoms in total. The lowest BCUT2D eigenvalue weighted by Crippen LogP contribution is -2.10. The molecule has 0 unspecified atom stereocenters. The van der Waals surface area contributed by atoms with E-state index in [0.29, 0.717) is 22.4 Å². The number of nitrogens with zero attached hydrogens (tertiary/aromatic N) is 1. The third-order valence-electron chi connectivity index (χ3n) is 2.57. The topological polar surface area (TPSA) is 75.1 Å². The molecule has 2 rings (SSSR count). The summed E-state index contributed by atoms with van der Waals surface area (Å²) in [6.07, 6.45) is 0. The van der Waals surface area contributed by atoms with Crippen LogP contribution in [-0.4, -0.2) is 19.2 Å². The Morgan fingerprint density at radius 3 is 2.44 bits per heavy atom. The minimum Gasteiger partial charge on any atom is -0.493 e. The van der Waals surface area contributed by atoms with Crippen LogP contribution >= 0.6 is 11.6 Å². The van der Waals surface area contributed by atoms with Gasteiger partial charge in [0, 0.05) is 11.5 Å². The average molecular weight is 265 g/mol. The third-order valence-corrected chi connectivity index (χ3v) is 2.96. The fourth-order valence-corrected chi connectivity index (χ4v) is 1.97. The van der Waals surface area contributed by atoms with Crippen LogP contribution in [0.1, 0.15) is 5.56 Å². The van der Waals surface area contributed by atoms with Crippen molar-refractivity contribution in [2.24, 2.45) is 0 Å². The van der Waals surface area contributed by atoms with Crippen LogP contribution in [0, 0.1) is 11.3 Å². The van der Waals surface area contributed by atoms with Gasteiger partial charge in [0.25, 0.3) is 5.56 Å². The Morgan fingerprint density at radius 1 is 1.28 bits per heavy atom. The molecular weight excluding hydrogens is 256 g/mol. The maximum absolute atomic E-state index is 11.6. The molecular formula is C12H9ClN2O3. The van der Waals surface area contributed by atoms with Crippen LogP contribution in [0.5, 0.6) is 11.5 Å². The van der Waals surface area contributed by atoms with Gasteiger partial charge in [0.15, 0.2) is 11.5 Å². The van der Waals surface area contributed by atoms with Crippen LogP contribution in [0.2, 0.25) is 5.02 Å². The second-order valence-corrected chi connectivity index (χ2v) is 3.89. The Hall–Kier alpha value is -2.19. The number of nitrogens with one attached hydrogen (secondary N) is 1. The van der Waals surface area contributed by atoms with Crippen molar-refractivity contribution in [3.63, 3.8) is 0 Å². The van der Waals surface area contributed by atoms with E-state index in [-0.39, 0.29) is 10.6 Å². The zero-order valence-corrected chi connectivity index (χ0v) is 10.5. The van der Waals surface area contributed by atoms with Gasteiger partial charge >= 0.3 is 0 Å². The van der Waals surface area contributed by atoms with Crippen LogP contribution in [0.3, 0.4) is 0 Å². The van der Waals surface area contributed by atoms with Crippen LogP contribution in [0.4, 0.5) is 0 Å². The van der Waals surface area contributed by atoms with Gasteiger partial charge in [-0.25, -0.2) is 0 Å². The average Bonchev–Trinajstić information content (AvgIpc) is 2.37. The van der Waals surface area contributed by atoms with E-state index in [2.05, 4.69) is 4.98 Å². The number of fused-ring (bicyclic) bond motifs is 1. The first kappa shape index (κ1) is 12.3. The second-order valence-electron chi connectivity index (χ2n) is 3.51. The number of ether oxygens (including phenoxy) is 2. The first-order chi connectivity index (χ1) is 8.62. The molecule has 0 aliphatic carbocycles. The zero-order chi connectivity index (χ0) is 13.3. The van der Waals surface area contributed by atoms with E-state index in [9.17, 15) is 4.79 Å². The molecule has 0 bridgehead atoms. The van der Waals surface area contributed by atoms with Crippen molar-refractivity contribution in [1.82, 2.24) is 4.98 Å². The molecule has 1 aromatic heterocycles. The smallest absolute Gasteiger partial charge is 0.267 e. The van der Waals surface area contributed by atoms with E-state index in [0.717, 1.165) is 0 Å². The molecule has 0 saturated carbocycles. The number of halogens is 1. The maximum Gasteiger partial charge on any atom is 0.267 e. The fourth-order valence-electron chi connectivity index (χ4n) is 1.68. The predicted octanol–water partition coefficient (Wildman–Crippen LogP) is 2.07. The Kier molecular flexibility index (Phi) is 3.13. The molecule has 1 N–H and O–H groups in total. The summed E-state index contributed by atoms with van der Waals surface area (Å²) in [7, 11) is 2.99. The van der Waals surface area contributed by atoms with E-state index in [1.54, 1.807) is 18.2 Å². The normalized spacial score (nSPS) is 10.1. The number of aromatic nitrogens is 1. The molecule has 2 aromatic rings. The van der Waals surface area contributed by atoms with Gasteiger partial charge in [-0.3, -0.25) is 4.79 Å². The Balaban J connectivity index is 2.91. The van der Waals surface area contributed by atoms with Crippen molar-refractivity contribution in [2.75, 3.05) is 14.2 Å². The van der Waals surface area contributed by atoms with E-state index in [1.807, 2.05) is 0 Å². The van der Waals surface area contributed by atoms with Gasteiger partial charge in [0.05, 0.1) is 24.8 Å². The van der Waals surface area contributed by atoms with Crippen molar-refractivity contribution in [1.29, 1.82) is 5.26 Å². The van der Waals surface area contributed by atoms with Crippen LogP contribution in [0.25, 0.3) is 10.9 Å². The molecule has 0 atom stereocenters. The van der Waals surface area contributed by atoms with Gasteiger partial charge in [-0.15, -0.1) is 0 Å². The number of H-pyrrole nitrogens is 1.